The number of benzene rings is 1. The number of carbonyl (C=O) groups excluding carboxylic acids is 1. The summed E-state index contributed by atoms with van der Waals surface area (Å²) in [5.41, 5.74) is 1.86. The molecule has 0 fully saturated rings. The van der Waals surface area contributed by atoms with Crippen molar-refractivity contribution in [1.82, 2.24) is 0 Å². The Hall–Kier alpha value is -1.49. The number of ether oxygens (including phenoxy) is 2. The lowest BCUT2D eigenvalue weighted by Crippen LogP contribution is -2.21. The van der Waals surface area contributed by atoms with Gasteiger partial charge in [0.05, 0.1) is 0 Å². The van der Waals surface area contributed by atoms with Gasteiger partial charge < -0.3 is 14.8 Å². The van der Waals surface area contributed by atoms with Gasteiger partial charge in [-0.1, -0.05) is 22.9 Å². The highest BCUT2D eigenvalue weighted by Gasteiger charge is 2.16. The first-order valence-corrected chi connectivity index (χ1v) is 6.54. The molecule has 1 aromatic rings. The second-order valence-electron chi connectivity index (χ2n) is 3.81. The van der Waals surface area contributed by atoms with Crippen LogP contribution < -0.4 is 5.32 Å². The van der Waals surface area contributed by atoms with Crippen LogP contribution in [0.2, 0.25) is 0 Å². The van der Waals surface area contributed by atoms with Crippen LogP contribution in [0.5, 0.6) is 0 Å². The van der Waals surface area contributed by atoms with E-state index in [4.69, 9.17) is 9.47 Å². The van der Waals surface area contributed by atoms with Gasteiger partial charge in [0.25, 0.3) is 5.91 Å². The van der Waals surface area contributed by atoms with Gasteiger partial charge >= 0.3 is 0 Å². The number of aryl methyl sites for hydroxylation is 1. The van der Waals surface area contributed by atoms with Gasteiger partial charge in [0, 0.05) is 10.2 Å². The molecule has 1 aliphatic rings. The maximum Gasteiger partial charge on any atom is 0.294 e. The van der Waals surface area contributed by atoms with Crippen molar-refractivity contribution < 1.29 is 14.3 Å². The van der Waals surface area contributed by atoms with Gasteiger partial charge in [0.1, 0.15) is 19.5 Å². The molecule has 0 atom stereocenters. The zero-order valence-electron chi connectivity index (χ0n) is 10.0. The number of hydrogen-bond donors (Lipinski definition) is 1. The number of amides is 1. The molecule has 4 nitrogen and oxygen atoms in total. The topological polar surface area (TPSA) is 47.6 Å². The van der Waals surface area contributed by atoms with E-state index < -0.39 is 0 Å². The molecule has 0 bridgehead atoms. The Kier molecular flexibility index (Phi) is 4.25. The normalized spacial score (nSPS) is 14.2. The minimum atomic E-state index is -0.285. The molecule has 0 aromatic heterocycles. The van der Waals surface area contributed by atoms with Crippen molar-refractivity contribution in [2.75, 3.05) is 18.5 Å². The molecule has 0 saturated heterocycles. The molecule has 1 aromatic carbocycles. The molecular weight excluding hydrogens is 298 g/mol. The average Bonchev–Trinajstić information content (AvgIpc) is 2.41. The lowest BCUT2D eigenvalue weighted by Gasteiger charge is -2.16. The Morgan fingerprint density at radius 1 is 1.44 bits per heavy atom. The van der Waals surface area contributed by atoms with E-state index >= 15 is 0 Å². The Labute approximate surface area is 114 Å². The third-order valence-electron chi connectivity index (χ3n) is 2.57. The SMILES string of the molecule is CCc1cc(Br)ccc1NC(=O)C1=COCCO1. The Morgan fingerprint density at radius 2 is 2.28 bits per heavy atom. The molecule has 0 saturated carbocycles. The van der Waals surface area contributed by atoms with E-state index in [1.165, 1.54) is 6.26 Å². The van der Waals surface area contributed by atoms with Crippen LogP contribution in [-0.4, -0.2) is 19.1 Å². The fourth-order valence-electron chi connectivity index (χ4n) is 1.65. The van der Waals surface area contributed by atoms with Crippen molar-refractivity contribution in [3.63, 3.8) is 0 Å². The van der Waals surface area contributed by atoms with Crippen molar-refractivity contribution in [3.05, 3.63) is 40.3 Å². The lowest BCUT2D eigenvalue weighted by molar-refractivity contribution is -0.117. The van der Waals surface area contributed by atoms with E-state index in [0.717, 1.165) is 22.1 Å². The standard InChI is InChI=1S/C13H14BrNO3/c1-2-9-7-10(14)3-4-11(9)15-13(16)12-8-17-5-6-18-12/h3-4,7-8H,2,5-6H2,1H3,(H,15,16). The van der Waals surface area contributed by atoms with Gasteiger partial charge in [-0.25, -0.2) is 0 Å². The van der Waals surface area contributed by atoms with Crippen molar-refractivity contribution >= 4 is 27.5 Å². The summed E-state index contributed by atoms with van der Waals surface area (Å²) in [7, 11) is 0. The predicted octanol–water partition coefficient (Wildman–Crippen LogP) is 2.84. The van der Waals surface area contributed by atoms with E-state index in [9.17, 15) is 4.79 Å². The summed E-state index contributed by atoms with van der Waals surface area (Å²) in [5, 5.41) is 2.83. The van der Waals surface area contributed by atoms with Gasteiger partial charge in [-0.05, 0) is 30.2 Å². The van der Waals surface area contributed by atoms with E-state index in [2.05, 4.69) is 21.2 Å². The number of halogens is 1. The third-order valence-corrected chi connectivity index (χ3v) is 3.06. The van der Waals surface area contributed by atoms with Crippen LogP contribution in [0.15, 0.2) is 34.7 Å². The van der Waals surface area contributed by atoms with Crippen LogP contribution in [0.25, 0.3) is 0 Å². The number of hydrogen-bond acceptors (Lipinski definition) is 3. The second-order valence-corrected chi connectivity index (χ2v) is 4.73. The largest absolute Gasteiger partial charge is 0.494 e. The molecule has 0 radical (unpaired) electrons. The van der Waals surface area contributed by atoms with Gasteiger partial charge in [-0.2, -0.15) is 0 Å². The summed E-state index contributed by atoms with van der Waals surface area (Å²) in [6.45, 7) is 2.92. The van der Waals surface area contributed by atoms with Crippen molar-refractivity contribution in [3.8, 4) is 0 Å². The predicted molar refractivity (Wildman–Crippen MR) is 72.1 cm³/mol. The number of rotatable bonds is 3. The summed E-state index contributed by atoms with van der Waals surface area (Å²) >= 11 is 3.41. The smallest absolute Gasteiger partial charge is 0.294 e. The first-order chi connectivity index (χ1) is 8.70. The summed E-state index contributed by atoms with van der Waals surface area (Å²) in [6, 6.07) is 5.74. The molecule has 0 unspecified atom stereocenters. The van der Waals surface area contributed by atoms with Crippen molar-refractivity contribution in [2.45, 2.75) is 13.3 Å². The van der Waals surface area contributed by atoms with E-state index in [-0.39, 0.29) is 11.7 Å². The number of nitrogens with one attached hydrogen (secondary N) is 1. The summed E-state index contributed by atoms with van der Waals surface area (Å²) in [4.78, 5) is 11.9. The molecule has 1 heterocycles. The molecule has 18 heavy (non-hydrogen) atoms. The van der Waals surface area contributed by atoms with Crippen LogP contribution in [0.4, 0.5) is 5.69 Å². The maximum atomic E-state index is 11.9. The van der Waals surface area contributed by atoms with Crippen LogP contribution in [0.3, 0.4) is 0 Å². The van der Waals surface area contributed by atoms with Crippen molar-refractivity contribution in [2.24, 2.45) is 0 Å². The highest BCUT2D eigenvalue weighted by atomic mass is 79.9. The van der Waals surface area contributed by atoms with E-state index in [0.29, 0.717) is 13.2 Å². The van der Waals surface area contributed by atoms with Crippen LogP contribution in [0, 0.1) is 0 Å². The quantitative estimate of drug-likeness (QED) is 0.933. The molecule has 1 N–H and O–H groups in total. The molecule has 1 amide bonds. The highest BCUT2D eigenvalue weighted by Crippen LogP contribution is 2.22. The molecule has 5 heteroatoms. The minimum Gasteiger partial charge on any atom is -0.494 e. The van der Waals surface area contributed by atoms with Crippen LogP contribution >= 0.6 is 15.9 Å². The summed E-state index contributed by atoms with van der Waals surface area (Å²) in [5.74, 6) is -0.0713. The van der Waals surface area contributed by atoms with Crippen LogP contribution in [-0.2, 0) is 20.7 Å². The fourth-order valence-corrected chi connectivity index (χ4v) is 2.06. The van der Waals surface area contributed by atoms with E-state index in [1.807, 2.05) is 25.1 Å². The molecule has 1 aliphatic heterocycles. The Balaban J connectivity index is 2.13. The Bertz CT molecular complexity index is 485. The van der Waals surface area contributed by atoms with Crippen LogP contribution in [0.1, 0.15) is 12.5 Å². The van der Waals surface area contributed by atoms with Gasteiger partial charge in [0.2, 0.25) is 5.76 Å². The summed E-state index contributed by atoms with van der Waals surface area (Å²) < 4.78 is 11.3. The molecule has 2 rings (SSSR count). The summed E-state index contributed by atoms with van der Waals surface area (Å²) in [6.07, 6.45) is 2.19. The lowest BCUT2D eigenvalue weighted by atomic mass is 10.1. The first-order valence-electron chi connectivity index (χ1n) is 5.75. The Morgan fingerprint density at radius 3 is 2.94 bits per heavy atom. The maximum absolute atomic E-state index is 11.9. The molecule has 96 valence electrons. The fraction of sp³-hybridized carbons (Fsp3) is 0.308. The number of anilines is 1. The minimum absolute atomic E-state index is 0.214. The van der Waals surface area contributed by atoms with E-state index in [1.54, 1.807) is 0 Å². The molecule has 0 spiro atoms. The van der Waals surface area contributed by atoms with Crippen molar-refractivity contribution in [1.29, 1.82) is 0 Å². The zero-order valence-corrected chi connectivity index (χ0v) is 11.6. The first kappa shape index (κ1) is 13.0. The van der Waals surface area contributed by atoms with Gasteiger partial charge in [-0.15, -0.1) is 0 Å². The second kappa shape index (κ2) is 5.91. The highest BCUT2D eigenvalue weighted by molar-refractivity contribution is 9.10. The monoisotopic (exact) mass is 311 g/mol. The van der Waals surface area contributed by atoms with Gasteiger partial charge in [-0.3, -0.25) is 4.79 Å². The average molecular weight is 312 g/mol. The van der Waals surface area contributed by atoms with Gasteiger partial charge in [0.15, 0.2) is 0 Å². The zero-order chi connectivity index (χ0) is 13.0. The third kappa shape index (κ3) is 3.04. The molecular formula is C13H14BrNO3. The number of carbonyl (C=O) groups is 1. The molecule has 0 aliphatic carbocycles.